The van der Waals surface area contributed by atoms with Crippen LogP contribution in [0.1, 0.15) is 67.1 Å². The molecule has 2 aliphatic heterocycles. The van der Waals surface area contributed by atoms with Gasteiger partial charge in [-0.1, -0.05) is 25.8 Å². The standard InChI is InChI=1S/C27H35N3O2/c1-3-13-30-24-9-8-21(27(32)28-14-10-19(2)11-15-28)17-22(24)23-18-29(16-12-25(23)30)26(31)20-6-4-5-7-20/h3,8-9,17,19-20H,1,4-7,10-16,18H2,2H3. The Labute approximate surface area is 191 Å². The van der Waals surface area contributed by atoms with Crippen molar-refractivity contribution in [2.45, 2.75) is 65.0 Å². The van der Waals surface area contributed by atoms with Crippen LogP contribution in [0.3, 0.4) is 0 Å². The van der Waals surface area contributed by atoms with Gasteiger partial charge in [-0.2, -0.15) is 0 Å². The Morgan fingerprint density at radius 3 is 2.53 bits per heavy atom. The van der Waals surface area contributed by atoms with E-state index in [-0.39, 0.29) is 11.8 Å². The van der Waals surface area contributed by atoms with E-state index < -0.39 is 0 Å². The zero-order valence-electron chi connectivity index (χ0n) is 19.3. The van der Waals surface area contributed by atoms with Gasteiger partial charge in [0.15, 0.2) is 0 Å². The van der Waals surface area contributed by atoms with Crippen molar-refractivity contribution >= 4 is 22.7 Å². The van der Waals surface area contributed by atoms with Crippen molar-refractivity contribution in [2.24, 2.45) is 11.8 Å². The fourth-order valence-electron chi connectivity index (χ4n) is 5.93. The molecule has 2 amide bonds. The Hall–Kier alpha value is -2.56. The number of likely N-dealkylation sites (tertiary alicyclic amines) is 1. The highest BCUT2D eigenvalue weighted by atomic mass is 16.2. The van der Waals surface area contributed by atoms with Crippen LogP contribution in [0, 0.1) is 11.8 Å². The van der Waals surface area contributed by atoms with Gasteiger partial charge in [0.2, 0.25) is 5.91 Å². The van der Waals surface area contributed by atoms with Crippen molar-refractivity contribution in [3.05, 3.63) is 47.7 Å². The molecule has 0 radical (unpaired) electrons. The lowest BCUT2D eigenvalue weighted by atomic mass is 9.98. The SMILES string of the molecule is C=CCn1c2c(c3cc(C(=O)N4CCC(C)CC4)ccc31)CN(C(=O)C1CCCC1)CC2. The number of nitrogens with zero attached hydrogens (tertiary/aromatic N) is 3. The highest BCUT2D eigenvalue weighted by Gasteiger charge is 2.32. The van der Waals surface area contributed by atoms with Crippen molar-refractivity contribution in [1.29, 1.82) is 0 Å². The van der Waals surface area contributed by atoms with E-state index in [0.717, 1.165) is 74.7 Å². The molecule has 32 heavy (non-hydrogen) atoms. The summed E-state index contributed by atoms with van der Waals surface area (Å²) < 4.78 is 2.33. The van der Waals surface area contributed by atoms with Crippen LogP contribution in [0.5, 0.6) is 0 Å². The molecule has 1 aliphatic carbocycles. The Bertz CT molecular complexity index is 1040. The normalized spacial score (nSPS) is 20.0. The first-order chi connectivity index (χ1) is 15.6. The molecule has 5 heteroatoms. The van der Waals surface area contributed by atoms with Crippen molar-refractivity contribution in [3.8, 4) is 0 Å². The van der Waals surface area contributed by atoms with Gasteiger partial charge in [0.1, 0.15) is 0 Å². The van der Waals surface area contributed by atoms with E-state index in [1.165, 1.54) is 24.1 Å². The van der Waals surface area contributed by atoms with Crippen molar-refractivity contribution in [2.75, 3.05) is 19.6 Å². The Morgan fingerprint density at radius 2 is 1.81 bits per heavy atom. The van der Waals surface area contributed by atoms with Crippen molar-refractivity contribution in [1.82, 2.24) is 14.4 Å². The quantitative estimate of drug-likeness (QED) is 0.652. The highest BCUT2D eigenvalue weighted by molar-refractivity contribution is 5.99. The molecule has 1 saturated heterocycles. The number of fused-ring (bicyclic) bond motifs is 3. The maximum Gasteiger partial charge on any atom is 0.253 e. The van der Waals surface area contributed by atoms with Crippen LogP contribution in [-0.2, 0) is 24.3 Å². The summed E-state index contributed by atoms with van der Waals surface area (Å²) in [7, 11) is 0. The number of carbonyl (C=O) groups excluding carboxylic acids is 2. The number of benzene rings is 1. The molecule has 2 aromatic rings. The predicted molar refractivity (Wildman–Crippen MR) is 128 cm³/mol. The summed E-state index contributed by atoms with van der Waals surface area (Å²) in [5, 5.41) is 1.13. The summed E-state index contributed by atoms with van der Waals surface area (Å²) in [6.07, 6.45) is 9.38. The number of hydrogen-bond acceptors (Lipinski definition) is 2. The molecule has 0 N–H and O–H groups in total. The van der Waals surface area contributed by atoms with E-state index in [2.05, 4.69) is 35.1 Å². The van der Waals surface area contributed by atoms with Crippen LogP contribution in [0.4, 0.5) is 0 Å². The third-order valence-corrected chi connectivity index (χ3v) is 7.90. The van der Waals surface area contributed by atoms with Crippen LogP contribution in [0.25, 0.3) is 10.9 Å². The Balaban J connectivity index is 1.48. The first-order valence-electron chi connectivity index (χ1n) is 12.4. The lowest BCUT2D eigenvalue weighted by Crippen LogP contribution is -2.39. The van der Waals surface area contributed by atoms with Crippen LogP contribution < -0.4 is 0 Å². The van der Waals surface area contributed by atoms with Gasteiger partial charge < -0.3 is 14.4 Å². The molecule has 3 heterocycles. The molecule has 1 aromatic heterocycles. The molecule has 5 nitrogen and oxygen atoms in total. The first kappa shape index (κ1) is 21.3. The van der Waals surface area contributed by atoms with Crippen LogP contribution in [0.15, 0.2) is 30.9 Å². The van der Waals surface area contributed by atoms with Crippen molar-refractivity contribution < 1.29 is 9.59 Å². The highest BCUT2D eigenvalue weighted by Crippen LogP contribution is 2.34. The number of carbonyl (C=O) groups is 2. The number of aromatic nitrogens is 1. The van der Waals surface area contributed by atoms with Gasteiger partial charge in [-0.3, -0.25) is 9.59 Å². The summed E-state index contributed by atoms with van der Waals surface area (Å²) in [4.78, 5) is 30.4. The summed E-state index contributed by atoms with van der Waals surface area (Å²) in [6, 6.07) is 6.16. The van der Waals surface area contributed by atoms with Crippen LogP contribution in [-0.4, -0.2) is 45.8 Å². The number of allylic oxidation sites excluding steroid dienone is 1. The average molecular weight is 434 g/mol. The van der Waals surface area contributed by atoms with E-state index in [1.54, 1.807) is 0 Å². The molecule has 0 spiro atoms. The molecule has 0 atom stereocenters. The molecular weight excluding hydrogens is 398 g/mol. The van der Waals surface area contributed by atoms with Gasteiger partial charge in [0.25, 0.3) is 5.91 Å². The minimum absolute atomic E-state index is 0.138. The molecule has 3 aliphatic rings. The Morgan fingerprint density at radius 1 is 1.06 bits per heavy atom. The lowest BCUT2D eigenvalue weighted by Gasteiger charge is -2.30. The van der Waals surface area contributed by atoms with Crippen molar-refractivity contribution in [3.63, 3.8) is 0 Å². The van der Waals surface area contributed by atoms with E-state index >= 15 is 0 Å². The van der Waals surface area contributed by atoms with Crippen LogP contribution in [0.2, 0.25) is 0 Å². The maximum atomic E-state index is 13.2. The fourth-order valence-corrected chi connectivity index (χ4v) is 5.93. The molecule has 170 valence electrons. The van der Waals surface area contributed by atoms with Gasteiger partial charge in [0.05, 0.1) is 0 Å². The zero-order valence-corrected chi connectivity index (χ0v) is 19.3. The first-order valence-corrected chi connectivity index (χ1v) is 12.4. The molecule has 0 bridgehead atoms. The summed E-state index contributed by atoms with van der Waals surface area (Å²) in [5.41, 5.74) is 4.44. The lowest BCUT2D eigenvalue weighted by molar-refractivity contribution is -0.136. The van der Waals surface area contributed by atoms with Gasteiger partial charge in [-0.25, -0.2) is 0 Å². The maximum absolute atomic E-state index is 13.2. The Kier molecular flexibility index (Phi) is 5.83. The smallest absolute Gasteiger partial charge is 0.253 e. The summed E-state index contributed by atoms with van der Waals surface area (Å²) >= 11 is 0. The summed E-state index contributed by atoms with van der Waals surface area (Å²) in [5.74, 6) is 1.37. The molecule has 5 rings (SSSR count). The molecule has 0 unspecified atom stereocenters. The monoisotopic (exact) mass is 433 g/mol. The third kappa shape index (κ3) is 3.76. The largest absolute Gasteiger partial charge is 0.340 e. The second-order valence-corrected chi connectivity index (χ2v) is 10.0. The average Bonchev–Trinajstić information content (AvgIpc) is 3.46. The molecule has 1 aromatic carbocycles. The van der Waals surface area contributed by atoms with E-state index in [4.69, 9.17) is 0 Å². The topological polar surface area (TPSA) is 45.6 Å². The number of rotatable bonds is 4. The summed E-state index contributed by atoms with van der Waals surface area (Å²) in [6.45, 7) is 10.1. The number of hydrogen-bond donors (Lipinski definition) is 0. The zero-order chi connectivity index (χ0) is 22.2. The van der Waals surface area contributed by atoms with E-state index in [1.807, 2.05) is 17.0 Å². The fraction of sp³-hybridized carbons (Fsp3) is 0.556. The third-order valence-electron chi connectivity index (χ3n) is 7.90. The second kappa shape index (κ2) is 8.76. The van der Waals surface area contributed by atoms with Gasteiger partial charge in [-0.05, 0) is 49.8 Å². The van der Waals surface area contributed by atoms with Gasteiger partial charge in [-0.15, -0.1) is 6.58 Å². The predicted octanol–water partition coefficient (Wildman–Crippen LogP) is 4.77. The molecule has 1 saturated carbocycles. The van der Waals surface area contributed by atoms with E-state index in [0.29, 0.717) is 18.4 Å². The van der Waals surface area contributed by atoms with Gasteiger partial charge in [0, 0.05) is 72.8 Å². The number of piperidine rings is 1. The van der Waals surface area contributed by atoms with E-state index in [9.17, 15) is 9.59 Å². The number of amides is 2. The molecular formula is C27H35N3O2. The minimum atomic E-state index is 0.138. The van der Waals surface area contributed by atoms with Gasteiger partial charge >= 0.3 is 0 Å². The minimum Gasteiger partial charge on any atom is -0.340 e. The van der Waals surface area contributed by atoms with Crippen LogP contribution >= 0.6 is 0 Å². The molecule has 2 fully saturated rings. The second-order valence-electron chi connectivity index (χ2n) is 10.0.